The molecule has 0 aliphatic carbocycles. The third-order valence-corrected chi connectivity index (χ3v) is 3.00. The third kappa shape index (κ3) is 5.84. The Balaban J connectivity index is 2.10. The van der Waals surface area contributed by atoms with Crippen LogP contribution in [0.15, 0.2) is 18.7 Å². The van der Waals surface area contributed by atoms with Crippen molar-refractivity contribution in [3.05, 3.63) is 18.7 Å². The molecule has 1 unspecified atom stereocenters. The number of aryl methyl sites for hydroxylation is 1. The minimum absolute atomic E-state index is 0.0449. The summed E-state index contributed by atoms with van der Waals surface area (Å²) >= 11 is 0. The summed E-state index contributed by atoms with van der Waals surface area (Å²) in [6, 6.07) is 0.479. The number of ether oxygens (including phenoxy) is 1. The van der Waals surface area contributed by atoms with E-state index in [2.05, 4.69) is 35.6 Å². The number of rotatable bonds is 8. The SMILES string of the molecule is COC(C)(C)CC(C)NCCCn1ccnc1. The van der Waals surface area contributed by atoms with E-state index in [9.17, 15) is 0 Å². The molecule has 1 N–H and O–H groups in total. The van der Waals surface area contributed by atoms with E-state index in [0.717, 1.165) is 25.9 Å². The zero-order valence-corrected chi connectivity index (χ0v) is 11.4. The molecular formula is C13H25N3O. The summed E-state index contributed by atoms with van der Waals surface area (Å²) in [5.74, 6) is 0. The van der Waals surface area contributed by atoms with Gasteiger partial charge in [0.1, 0.15) is 0 Å². The third-order valence-electron chi connectivity index (χ3n) is 3.00. The molecule has 0 bridgehead atoms. The number of hydrogen-bond donors (Lipinski definition) is 1. The molecule has 0 saturated heterocycles. The maximum Gasteiger partial charge on any atom is 0.0945 e. The van der Waals surface area contributed by atoms with Crippen LogP contribution in [0.25, 0.3) is 0 Å². The monoisotopic (exact) mass is 239 g/mol. The van der Waals surface area contributed by atoms with Crippen molar-refractivity contribution in [1.29, 1.82) is 0 Å². The molecule has 1 aromatic rings. The highest BCUT2D eigenvalue weighted by atomic mass is 16.5. The van der Waals surface area contributed by atoms with Gasteiger partial charge in [0.2, 0.25) is 0 Å². The molecule has 0 aliphatic rings. The van der Waals surface area contributed by atoms with Crippen molar-refractivity contribution in [2.45, 2.75) is 51.8 Å². The molecule has 4 heteroatoms. The van der Waals surface area contributed by atoms with Crippen LogP contribution in [0.1, 0.15) is 33.6 Å². The molecule has 0 spiro atoms. The fourth-order valence-electron chi connectivity index (χ4n) is 1.92. The zero-order chi connectivity index (χ0) is 12.7. The number of imidazole rings is 1. The van der Waals surface area contributed by atoms with Crippen molar-refractivity contribution < 1.29 is 4.74 Å². The summed E-state index contributed by atoms with van der Waals surface area (Å²) in [4.78, 5) is 4.02. The van der Waals surface area contributed by atoms with Gasteiger partial charge in [-0.15, -0.1) is 0 Å². The van der Waals surface area contributed by atoms with Crippen LogP contribution in [-0.2, 0) is 11.3 Å². The second-order valence-corrected chi connectivity index (χ2v) is 5.18. The Morgan fingerprint density at radius 2 is 2.24 bits per heavy atom. The van der Waals surface area contributed by atoms with Gasteiger partial charge < -0.3 is 14.6 Å². The van der Waals surface area contributed by atoms with Crippen LogP contribution in [0.3, 0.4) is 0 Å². The number of nitrogens with one attached hydrogen (secondary N) is 1. The summed E-state index contributed by atoms with van der Waals surface area (Å²) in [7, 11) is 1.77. The molecule has 98 valence electrons. The van der Waals surface area contributed by atoms with Gasteiger partial charge in [-0.2, -0.15) is 0 Å². The van der Waals surface area contributed by atoms with Crippen molar-refractivity contribution in [2.24, 2.45) is 0 Å². The Bertz CT molecular complexity index is 296. The number of aromatic nitrogens is 2. The Morgan fingerprint density at radius 3 is 2.82 bits per heavy atom. The highest BCUT2D eigenvalue weighted by Gasteiger charge is 2.19. The summed E-state index contributed by atoms with van der Waals surface area (Å²) in [6.45, 7) is 8.50. The predicted octanol–water partition coefficient (Wildman–Crippen LogP) is 2.07. The summed E-state index contributed by atoms with van der Waals surface area (Å²) in [5, 5.41) is 3.52. The first-order valence-electron chi connectivity index (χ1n) is 6.28. The van der Waals surface area contributed by atoms with Crippen LogP contribution in [0.2, 0.25) is 0 Å². The van der Waals surface area contributed by atoms with Gasteiger partial charge in [0.05, 0.1) is 11.9 Å². The van der Waals surface area contributed by atoms with Gasteiger partial charge in [0, 0.05) is 32.1 Å². The van der Waals surface area contributed by atoms with Crippen molar-refractivity contribution in [2.75, 3.05) is 13.7 Å². The van der Waals surface area contributed by atoms with Crippen molar-refractivity contribution >= 4 is 0 Å². The molecule has 1 aromatic heterocycles. The topological polar surface area (TPSA) is 39.1 Å². The van der Waals surface area contributed by atoms with Crippen LogP contribution in [-0.4, -0.2) is 34.8 Å². The van der Waals surface area contributed by atoms with Gasteiger partial charge in [-0.05, 0) is 40.2 Å². The van der Waals surface area contributed by atoms with E-state index in [1.54, 1.807) is 7.11 Å². The Kier molecular flexibility index (Phi) is 5.65. The summed E-state index contributed by atoms with van der Waals surface area (Å²) in [5.41, 5.74) is -0.0449. The van der Waals surface area contributed by atoms with Crippen molar-refractivity contribution in [1.82, 2.24) is 14.9 Å². The molecule has 0 saturated carbocycles. The minimum Gasteiger partial charge on any atom is -0.379 e. The maximum absolute atomic E-state index is 5.42. The van der Waals surface area contributed by atoms with Crippen LogP contribution in [0, 0.1) is 0 Å². The minimum atomic E-state index is -0.0449. The molecule has 0 aliphatic heterocycles. The first kappa shape index (κ1) is 14.2. The first-order valence-corrected chi connectivity index (χ1v) is 6.28. The average Bonchev–Trinajstić information content (AvgIpc) is 2.77. The highest BCUT2D eigenvalue weighted by molar-refractivity contribution is 4.76. The molecule has 1 heterocycles. The maximum atomic E-state index is 5.42. The number of hydrogen-bond acceptors (Lipinski definition) is 3. The smallest absolute Gasteiger partial charge is 0.0945 e. The molecule has 0 aromatic carbocycles. The van der Waals surface area contributed by atoms with E-state index in [4.69, 9.17) is 4.74 Å². The van der Waals surface area contributed by atoms with Crippen LogP contribution in [0.5, 0.6) is 0 Å². The lowest BCUT2D eigenvalue weighted by Gasteiger charge is -2.27. The van der Waals surface area contributed by atoms with E-state index in [1.807, 2.05) is 18.7 Å². The van der Waals surface area contributed by atoms with Gasteiger partial charge >= 0.3 is 0 Å². The Hall–Kier alpha value is -0.870. The molecule has 4 nitrogen and oxygen atoms in total. The van der Waals surface area contributed by atoms with E-state index in [-0.39, 0.29) is 5.60 Å². The van der Waals surface area contributed by atoms with Crippen LogP contribution in [0.4, 0.5) is 0 Å². The predicted molar refractivity (Wildman–Crippen MR) is 70.0 cm³/mol. The van der Waals surface area contributed by atoms with E-state index >= 15 is 0 Å². The number of methoxy groups -OCH3 is 1. The van der Waals surface area contributed by atoms with Gasteiger partial charge in [-0.3, -0.25) is 0 Å². The van der Waals surface area contributed by atoms with Crippen molar-refractivity contribution in [3.63, 3.8) is 0 Å². The van der Waals surface area contributed by atoms with Gasteiger partial charge in [0.15, 0.2) is 0 Å². The van der Waals surface area contributed by atoms with Gasteiger partial charge in [-0.1, -0.05) is 0 Å². The van der Waals surface area contributed by atoms with Crippen LogP contribution >= 0.6 is 0 Å². The molecule has 0 fully saturated rings. The molecule has 0 radical (unpaired) electrons. The van der Waals surface area contributed by atoms with E-state index in [1.165, 1.54) is 0 Å². The standard InChI is InChI=1S/C13H25N3O/c1-12(10-13(2,3)17-4)15-6-5-8-16-9-7-14-11-16/h7,9,11-12,15H,5-6,8,10H2,1-4H3. The fraction of sp³-hybridized carbons (Fsp3) is 0.769. The largest absolute Gasteiger partial charge is 0.379 e. The average molecular weight is 239 g/mol. The van der Waals surface area contributed by atoms with E-state index < -0.39 is 0 Å². The highest BCUT2D eigenvalue weighted by Crippen LogP contribution is 2.15. The summed E-state index contributed by atoms with van der Waals surface area (Å²) in [6.07, 6.45) is 7.81. The summed E-state index contributed by atoms with van der Waals surface area (Å²) < 4.78 is 7.52. The van der Waals surface area contributed by atoms with E-state index in [0.29, 0.717) is 6.04 Å². The molecule has 1 rings (SSSR count). The lowest BCUT2D eigenvalue weighted by Crippen LogP contribution is -2.36. The van der Waals surface area contributed by atoms with Crippen LogP contribution < -0.4 is 5.32 Å². The Morgan fingerprint density at radius 1 is 1.47 bits per heavy atom. The van der Waals surface area contributed by atoms with Crippen molar-refractivity contribution in [3.8, 4) is 0 Å². The lowest BCUT2D eigenvalue weighted by molar-refractivity contribution is 0.00859. The molecule has 0 amide bonds. The second-order valence-electron chi connectivity index (χ2n) is 5.18. The lowest BCUT2D eigenvalue weighted by atomic mass is 10.00. The quantitative estimate of drug-likeness (QED) is 0.706. The Labute approximate surface area is 104 Å². The molecule has 1 atom stereocenters. The fourth-order valence-corrected chi connectivity index (χ4v) is 1.92. The molecule has 17 heavy (non-hydrogen) atoms. The first-order chi connectivity index (χ1) is 8.03. The number of nitrogens with zero attached hydrogens (tertiary/aromatic N) is 2. The second kappa shape index (κ2) is 6.77. The van der Waals surface area contributed by atoms with Gasteiger partial charge in [-0.25, -0.2) is 4.98 Å². The normalized spacial score (nSPS) is 13.9. The molecular weight excluding hydrogens is 214 g/mol. The zero-order valence-electron chi connectivity index (χ0n) is 11.4. The van der Waals surface area contributed by atoms with Gasteiger partial charge in [0.25, 0.3) is 0 Å².